The summed E-state index contributed by atoms with van der Waals surface area (Å²) in [5, 5.41) is 8.66. The molecule has 0 saturated carbocycles. The highest BCUT2D eigenvalue weighted by Gasteiger charge is 2.27. The van der Waals surface area contributed by atoms with E-state index in [0.717, 1.165) is 55.1 Å². The van der Waals surface area contributed by atoms with Crippen molar-refractivity contribution in [2.75, 3.05) is 38.2 Å². The van der Waals surface area contributed by atoms with E-state index in [9.17, 15) is 18.0 Å². The molecule has 2 N–H and O–H groups in total. The molecule has 0 atom stereocenters. The van der Waals surface area contributed by atoms with E-state index in [0.29, 0.717) is 11.3 Å². The van der Waals surface area contributed by atoms with Crippen LogP contribution in [0.4, 0.5) is 23.7 Å². The maximum Gasteiger partial charge on any atom is 0.405 e. The second kappa shape index (κ2) is 10.6. The number of fused-ring (bicyclic) bond motifs is 1. The zero-order chi connectivity index (χ0) is 25.8. The van der Waals surface area contributed by atoms with Gasteiger partial charge in [-0.3, -0.25) is 4.90 Å². The number of nitrogens with one attached hydrogen (secondary N) is 2. The minimum Gasteiger partial charge on any atom is -0.379 e. The number of rotatable bonds is 6. The highest BCUT2D eigenvalue weighted by atomic mass is 19.4. The SMILES string of the molecule is O=C(NCC(F)(F)F)Nc1cccc(-c2cnn3cc(-c4cccc(CN5CCOCC5)c4)cnc23)c1. The molecule has 2 aromatic carbocycles. The summed E-state index contributed by atoms with van der Waals surface area (Å²) in [7, 11) is 0. The number of amides is 2. The maximum atomic E-state index is 12.3. The van der Waals surface area contributed by atoms with Crippen molar-refractivity contribution >= 4 is 17.4 Å². The van der Waals surface area contributed by atoms with Crippen molar-refractivity contribution in [3.05, 3.63) is 72.7 Å². The number of ether oxygens (including phenoxy) is 1. The molecule has 1 aliphatic heterocycles. The Morgan fingerprint density at radius 3 is 2.59 bits per heavy atom. The minimum absolute atomic E-state index is 0.352. The highest BCUT2D eigenvalue weighted by molar-refractivity contribution is 5.90. The van der Waals surface area contributed by atoms with Crippen LogP contribution in [-0.2, 0) is 11.3 Å². The Morgan fingerprint density at radius 2 is 1.78 bits per heavy atom. The molecule has 0 radical (unpaired) electrons. The van der Waals surface area contributed by atoms with Gasteiger partial charge in [-0.1, -0.05) is 30.3 Å². The number of carbonyl (C=O) groups excluding carboxylic acids is 1. The molecule has 5 rings (SSSR count). The molecule has 1 saturated heterocycles. The molecular formula is C26H25F3N6O2. The molecule has 0 spiro atoms. The molecule has 11 heteroatoms. The van der Waals surface area contributed by atoms with E-state index in [4.69, 9.17) is 4.74 Å². The van der Waals surface area contributed by atoms with Gasteiger partial charge in [0.1, 0.15) is 6.54 Å². The summed E-state index contributed by atoms with van der Waals surface area (Å²) in [6.07, 6.45) is 0.891. The molecule has 2 amide bonds. The Balaban J connectivity index is 1.33. The Labute approximate surface area is 211 Å². The van der Waals surface area contributed by atoms with E-state index in [2.05, 4.69) is 32.4 Å². The Hall–Kier alpha value is -3.96. The van der Waals surface area contributed by atoms with Crippen molar-refractivity contribution in [1.29, 1.82) is 0 Å². The van der Waals surface area contributed by atoms with Gasteiger partial charge in [0.2, 0.25) is 0 Å². The second-order valence-electron chi connectivity index (χ2n) is 8.76. The predicted molar refractivity (Wildman–Crippen MR) is 133 cm³/mol. The number of morpholine rings is 1. The standard InChI is InChI=1S/C26H25F3N6O2/c27-26(28,29)17-31-25(36)33-22-6-2-5-20(12-22)23-14-32-35-16-21(13-30-24(23)35)19-4-1-3-18(11-19)15-34-7-9-37-10-8-34/h1-6,11-14,16H,7-10,15,17H2,(H2,31,33,36). The van der Waals surface area contributed by atoms with E-state index in [1.54, 1.807) is 40.4 Å². The average molecular weight is 511 g/mol. The normalized spacial score (nSPS) is 14.6. The number of halogens is 3. The summed E-state index contributed by atoms with van der Waals surface area (Å²) >= 11 is 0. The number of benzene rings is 2. The number of nitrogens with zero attached hydrogens (tertiary/aromatic N) is 4. The van der Waals surface area contributed by atoms with Gasteiger partial charge in [-0.25, -0.2) is 14.3 Å². The Bertz CT molecular complexity index is 1400. The van der Waals surface area contributed by atoms with Gasteiger partial charge in [0, 0.05) is 48.8 Å². The van der Waals surface area contributed by atoms with Gasteiger partial charge >= 0.3 is 12.2 Å². The molecular weight excluding hydrogens is 485 g/mol. The van der Waals surface area contributed by atoms with E-state index in [1.165, 1.54) is 5.56 Å². The van der Waals surface area contributed by atoms with E-state index in [1.807, 2.05) is 24.4 Å². The number of hydrogen-bond donors (Lipinski definition) is 2. The van der Waals surface area contributed by atoms with Crippen molar-refractivity contribution in [2.45, 2.75) is 12.7 Å². The number of aromatic nitrogens is 3. The minimum atomic E-state index is -4.48. The first-order chi connectivity index (χ1) is 17.8. The summed E-state index contributed by atoms with van der Waals surface area (Å²) in [6.45, 7) is 2.80. The molecule has 8 nitrogen and oxygen atoms in total. The number of carbonyl (C=O) groups is 1. The average Bonchev–Trinajstić information content (AvgIpc) is 3.31. The van der Waals surface area contributed by atoms with E-state index in [-0.39, 0.29) is 0 Å². The molecule has 0 bridgehead atoms. The summed E-state index contributed by atoms with van der Waals surface area (Å²) in [4.78, 5) is 18.8. The molecule has 3 heterocycles. The fourth-order valence-electron chi connectivity index (χ4n) is 4.21. The van der Waals surface area contributed by atoms with Crippen LogP contribution in [-0.4, -0.2) is 64.6 Å². The molecule has 4 aromatic rings. The quantitative estimate of drug-likeness (QED) is 0.397. The van der Waals surface area contributed by atoms with Gasteiger partial charge in [-0.05, 0) is 34.9 Å². The lowest BCUT2D eigenvalue weighted by atomic mass is 10.1. The fourth-order valence-corrected chi connectivity index (χ4v) is 4.21. The van der Waals surface area contributed by atoms with Crippen LogP contribution in [0.5, 0.6) is 0 Å². The monoisotopic (exact) mass is 510 g/mol. The van der Waals surface area contributed by atoms with Crippen molar-refractivity contribution < 1.29 is 22.7 Å². The van der Waals surface area contributed by atoms with Crippen LogP contribution in [0.1, 0.15) is 5.56 Å². The third-order valence-electron chi connectivity index (χ3n) is 6.01. The molecule has 2 aromatic heterocycles. The lowest BCUT2D eigenvalue weighted by Gasteiger charge is -2.26. The van der Waals surface area contributed by atoms with Gasteiger partial charge in [0.25, 0.3) is 0 Å². The first-order valence-corrected chi connectivity index (χ1v) is 11.8. The summed E-state index contributed by atoms with van der Waals surface area (Å²) in [5.41, 5.74) is 5.58. The largest absolute Gasteiger partial charge is 0.405 e. The number of alkyl halides is 3. The molecule has 1 fully saturated rings. The van der Waals surface area contributed by atoms with E-state index < -0.39 is 18.8 Å². The molecule has 192 valence electrons. The van der Waals surface area contributed by atoms with Crippen LogP contribution in [0.3, 0.4) is 0 Å². The van der Waals surface area contributed by atoms with Crippen LogP contribution in [0.15, 0.2) is 67.1 Å². The topological polar surface area (TPSA) is 83.8 Å². The lowest BCUT2D eigenvalue weighted by molar-refractivity contribution is -0.122. The van der Waals surface area contributed by atoms with Crippen LogP contribution < -0.4 is 10.6 Å². The van der Waals surface area contributed by atoms with Crippen molar-refractivity contribution in [2.24, 2.45) is 0 Å². The number of urea groups is 1. The predicted octanol–water partition coefficient (Wildman–Crippen LogP) is 4.58. The summed E-state index contributed by atoms with van der Waals surface area (Å²) in [6, 6.07) is 14.2. The zero-order valence-electron chi connectivity index (χ0n) is 19.8. The van der Waals surface area contributed by atoms with Crippen molar-refractivity contribution in [3.8, 4) is 22.3 Å². The third-order valence-corrected chi connectivity index (χ3v) is 6.01. The lowest BCUT2D eigenvalue weighted by Crippen LogP contribution is -2.36. The van der Waals surface area contributed by atoms with Crippen LogP contribution in [0.25, 0.3) is 27.9 Å². The first-order valence-electron chi connectivity index (χ1n) is 11.8. The fraction of sp³-hybridized carbons (Fsp3) is 0.269. The number of hydrogen-bond acceptors (Lipinski definition) is 5. The summed E-state index contributed by atoms with van der Waals surface area (Å²) in [5.74, 6) is 0. The zero-order valence-corrected chi connectivity index (χ0v) is 19.8. The highest BCUT2D eigenvalue weighted by Crippen LogP contribution is 2.28. The molecule has 37 heavy (non-hydrogen) atoms. The second-order valence-corrected chi connectivity index (χ2v) is 8.76. The van der Waals surface area contributed by atoms with Gasteiger partial charge in [-0.2, -0.15) is 18.3 Å². The third kappa shape index (κ3) is 6.25. The van der Waals surface area contributed by atoms with Gasteiger partial charge in [0.05, 0.1) is 19.4 Å². The van der Waals surface area contributed by atoms with Crippen molar-refractivity contribution in [1.82, 2.24) is 24.8 Å². The number of anilines is 1. The van der Waals surface area contributed by atoms with Crippen LogP contribution in [0, 0.1) is 0 Å². The molecule has 0 aliphatic carbocycles. The molecule has 0 unspecified atom stereocenters. The maximum absolute atomic E-state index is 12.3. The Kier molecular flexibility index (Phi) is 7.06. The Morgan fingerprint density at radius 1 is 1.00 bits per heavy atom. The van der Waals surface area contributed by atoms with Crippen LogP contribution >= 0.6 is 0 Å². The van der Waals surface area contributed by atoms with E-state index >= 15 is 0 Å². The van der Waals surface area contributed by atoms with Gasteiger partial charge in [0.15, 0.2) is 5.65 Å². The van der Waals surface area contributed by atoms with Gasteiger partial charge in [-0.15, -0.1) is 0 Å². The first kappa shape index (κ1) is 24.7. The molecule has 1 aliphatic rings. The van der Waals surface area contributed by atoms with Crippen LogP contribution in [0.2, 0.25) is 0 Å². The van der Waals surface area contributed by atoms with Gasteiger partial charge < -0.3 is 15.4 Å². The van der Waals surface area contributed by atoms with Crippen molar-refractivity contribution in [3.63, 3.8) is 0 Å². The smallest absolute Gasteiger partial charge is 0.379 e. The summed E-state index contributed by atoms with van der Waals surface area (Å²) < 4.78 is 44.1.